The van der Waals surface area contributed by atoms with E-state index < -0.39 is 29.2 Å². The van der Waals surface area contributed by atoms with Crippen molar-refractivity contribution >= 4 is 16.6 Å². The minimum absolute atomic E-state index is 0.154. The lowest BCUT2D eigenvalue weighted by Gasteiger charge is -2.43. The van der Waals surface area contributed by atoms with Crippen LogP contribution < -0.4 is 8.85 Å². The van der Waals surface area contributed by atoms with Crippen molar-refractivity contribution in [2.24, 2.45) is 5.41 Å². The summed E-state index contributed by atoms with van der Waals surface area (Å²) in [7, 11) is -3.75. The molecule has 8 heteroatoms. The van der Waals surface area contributed by atoms with Crippen molar-refractivity contribution in [3.05, 3.63) is 59.7 Å². The number of ether oxygens (including phenoxy) is 4. The molecule has 2 aromatic rings. The van der Waals surface area contributed by atoms with Gasteiger partial charge in [0.25, 0.3) is 0 Å². The molecule has 0 radical (unpaired) electrons. The third kappa shape index (κ3) is 6.97. The van der Waals surface area contributed by atoms with E-state index in [0.29, 0.717) is 26.4 Å². The van der Waals surface area contributed by atoms with Crippen LogP contribution in [0.4, 0.5) is 0 Å². The van der Waals surface area contributed by atoms with Crippen LogP contribution >= 0.6 is 0 Å². The Balaban J connectivity index is 1.28. The van der Waals surface area contributed by atoms with Gasteiger partial charge >= 0.3 is 0 Å². The SMILES string of the molecule is CC(C)(C)[Si](C)(C)Oc1ccc(C2OCC3(CO2)COC(c2ccc(O[Si](C)(C)C(C)(C)C)cc2)OC3)cc1. The van der Waals surface area contributed by atoms with Gasteiger partial charge in [-0.05, 0) is 60.5 Å². The van der Waals surface area contributed by atoms with E-state index in [1.54, 1.807) is 0 Å². The predicted molar refractivity (Wildman–Crippen MR) is 160 cm³/mol. The second-order valence-electron chi connectivity index (χ2n) is 14.3. The Morgan fingerprint density at radius 2 is 0.846 bits per heavy atom. The van der Waals surface area contributed by atoms with Gasteiger partial charge < -0.3 is 27.8 Å². The third-order valence-electron chi connectivity index (χ3n) is 8.83. The summed E-state index contributed by atoms with van der Waals surface area (Å²) in [4.78, 5) is 0. The molecule has 2 heterocycles. The van der Waals surface area contributed by atoms with Crippen molar-refractivity contribution < 1.29 is 27.8 Å². The first-order valence-corrected chi connectivity index (χ1v) is 19.9. The Morgan fingerprint density at radius 1 is 0.564 bits per heavy atom. The van der Waals surface area contributed by atoms with Crippen LogP contribution in [0.3, 0.4) is 0 Å². The van der Waals surface area contributed by atoms with E-state index >= 15 is 0 Å². The van der Waals surface area contributed by atoms with Gasteiger partial charge in [-0.1, -0.05) is 65.8 Å². The van der Waals surface area contributed by atoms with Gasteiger partial charge in [-0.25, -0.2) is 0 Å². The second-order valence-corrected chi connectivity index (χ2v) is 23.7. The predicted octanol–water partition coefficient (Wildman–Crippen LogP) is 8.23. The zero-order chi connectivity index (χ0) is 28.7. The number of hydrogen-bond acceptors (Lipinski definition) is 6. The number of hydrogen-bond donors (Lipinski definition) is 0. The van der Waals surface area contributed by atoms with Gasteiger partial charge in [0.15, 0.2) is 12.6 Å². The first-order chi connectivity index (χ1) is 18.0. The molecule has 0 bridgehead atoms. The standard InChI is InChI=1S/C31H48O6Si2/c1-29(2,3)38(7,8)36-25-15-11-23(12-16-25)27-32-19-31(20-33-27)21-34-28(35-22-31)24-13-17-26(18-14-24)37-39(9,10)30(4,5)6/h11-18,27-28H,19-22H2,1-10H3. The Kier molecular flexibility index (Phi) is 8.50. The highest BCUT2D eigenvalue weighted by Gasteiger charge is 2.43. The summed E-state index contributed by atoms with van der Waals surface area (Å²) in [6.45, 7) is 24.6. The molecule has 39 heavy (non-hydrogen) atoms. The van der Waals surface area contributed by atoms with E-state index in [2.05, 4.69) is 67.7 Å². The highest BCUT2D eigenvalue weighted by Crippen LogP contribution is 2.41. The maximum Gasteiger partial charge on any atom is 0.250 e. The molecular formula is C31H48O6Si2. The monoisotopic (exact) mass is 572 g/mol. The molecule has 0 aliphatic carbocycles. The fourth-order valence-electron chi connectivity index (χ4n) is 4.02. The molecule has 0 aromatic heterocycles. The van der Waals surface area contributed by atoms with E-state index in [9.17, 15) is 0 Å². The van der Waals surface area contributed by atoms with Gasteiger partial charge in [0.2, 0.25) is 16.6 Å². The van der Waals surface area contributed by atoms with Crippen molar-refractivity contribution in [1.29, 1.82) is 0 Å². The molecule has 1 spiro atoms. The molecule has 0 N–H and O–H groups in total. The maximum absolute atomic E-state index is 6.41. The van der Waals surface area contributed by atoms with Crippen molar-refractivity contribution in [2.75, 3.05) is 26.4 Å². The molecule has 2 aromatic carbocycles. The number of benzene rings is 2. The molecule has 0 atom stereocenters. The Morgan fingerprint density at radius 3 is 1.10 bits per heavy atom. The minimum atomic E-state index is -1.87. The lowest BCUT2D eigenvalue weighted by molar-refractivity contribution is -0.307. The van der Waals surface area contributed by atoms with Crippen LogP contribution in [0.2, 0.25) is 36.3 Å². The largest absolute Gasteiger partial charge is 0.544 e. The molecule has 0 saturated carbocycles. The van der Waals surface area contributed by atoms with Crippen molar-refractivity contribution in [2.45, 2.75) is 90.4 Å². The molecule has 4 rings (SSSR count). The maximum atomic E-state index is 6.41. The molecule has 2 aliphatic heterocycles. The first kappa shape index (κ1) is 30.3. The van der Waals surface area contributed by atoms with Crippen LogP contribution in [-0.4, -0.2) is 43.1 Å². The fourth-order valence-corrected chi connectivity index (χ4v) is 6.09. The lowest BCUT2D eigenvalue weighted by atomic mass is 9.90. The van der Waals surface area contributed by atoms with E-state index in [-0.39, 0.29) is 15.5 Å². The van der Waals surface area contributed by atoms with Crippen molar-refractivity contribution in [3.63, 3.8) is 0 Å². The molecule has 2 saturated heterocycles. The van der Waals surface area contributed by atoms with Gasteiger partial charge in [-0.15, -0.1) is 0 Å². The van der Waals surface area contributed by atoms with Gasteiger partial charge in [-0.3, -0.25) is 0 Å². The molecule has 2 fully saturated rings. The summed E-state index contributed by atoms with van der Waals surface area (Å²) in [6.07, 6.45) is -0.799. The smallest absolute Gasteiger partial charge is 0.250 e. The zero-order valence-corrected chi connectivity index (χ0v) is 27.6. The summed E-state index contributed by atoms with van der Waals surface area (Å²) in [5, 5.41) is 0.308. The topological polar surface area (TPSA) is 55.4 Å². The molecule has 6 nitrogen and oxygen atoms in total. The normalized spacial score (nSPS) is 25.0. The van der Waals surface area contributed by atoms with Crippen LogP contribution in [0.5, 0.6) is 11.5 Å². The molecule has 0 amide bonds. The summed E-state index contributed by atoms with van der Waals surface area (Å²) < 4.78 is 37.4. The van der Waals surface area contributed by atoms with Crippen molar-refractivity contribution in [1.82, 2.24) is 0 Å². The second kappa shape index (κ2) is 10.9. The Hall–Kier alpha value is -1.69. The Labute approximate surface area is 237 Å². The van der Waals surface area contributed by atoms with E-state index in [1.807, 2.05) is 48.5 Å². The Bertz CT molecular complexity index is 991. The van der Waals surface area contributed by atoms with E-state index in [1.165, 1.54) is 0 Å². The zero-order valence-electron chi connectivity index (χ0n) is 25.6. The van der Waals surface area contributed by atoms with Crippen LogP contribution in [-0.2, 0) is 18.9 Å². The van der Waals surface area contributed by atoms with Gasteiger partial charge in [0.05, 0.1) is 31.8 Å². The molecular weight excluding hydrogens is 525 g/mol. The van der Waals surface area contributed by atoms with E-state index in [0.717, 1.165) is 22.6 Å². The summed E-state index contributed by atoms with van der Waals surface area (Å²) in [5.41, 5.74) is 1.68. The van der Waals surface area contributed by atoms with Crippen LogP contribution in [0.1, 0.15) is 65.2 Å². The van der Waals surface area contributed by atoms with E-state index in [4.69, 9.17) is 27.8 Å². The minimum Gasteiger partial charge on any atom is -0.544 e. The highest BCUT2D eigenvalue weighted by molar-refractivity contribution is 6.75. The highest BCUT2D eigenvalue weighted by atomic mass is 28.4. The third-order valence-corrected chi connectivity index (χ3v) is 17.5. The first-order valence-electron chi connectivity index (χ1n) is 14.0. The van der Waals surface area contributed by atoms with Crippen molar-refractivity contribution in [3.8, 4) is 11.5 Å². The number of rotatable bonds is 6. The van der Waals surface area contributed by atoms with Gasteiger partial charge in [-0.2, -0.15) is 0 Å². The molecule has 216 valence electrons. The quantitative estimate of drug-likeness (QED) is 0.325. The summed E-state index contributed by atoms with van der Waals surface area (Å²) in [5.74, 6) is 1.80. The lowest BCUT2D eigenvalue weighted by Crippen LogP contribution is -2.49. The molecule has 0 unspecified atom stereocenters. The average Bonchev–Trinajstić information content (AvgIpc) is 2.84. The van der Waals surface area contributed by atoms with Gasteiger partial charge in [0.1, 0.15) is 11.5 Å². The van der Waals surface area contributed by atoms with Crippen LogP contribution in [0.15, 0.2) is 48.5 Å². The summed E-state index contributed by atoms with van der Waals surface area (Å²) in [6, 6.07) is 16.2. The molecule has 2 aliphatic rings. The van der Waals surface area contributed by atoms with Crippen LogP contribution in [0.25, 0.3) is 0 Å². The average molecular weight is 573 g/mol. The van der Waals surface area contributed by atoms with Crippen LogP contribution in [0, 0.1) is 5.41 Å². The fraction of sp³-hybridized carbons (Fsp3) is 0.613. The van der Waals surface area contributed by atoms with Gasteiger partial charge in [0, 0.05) is 11.1 Å². The summed E-state index contributed by atoms with van der Waals surface area (Å²) >= 11 is 0.